The zero-order valence-corrected chi connectivity index (χ0v) is 16.8. The molecule has 0 spiro atoms. The van der Waals surface area contributed by atoms with E-state index in [4.69, 9.17) is 27.6 Å². The fraction of sp³-hybridized carbons (Fsp3) is 0.267. The Morgan fingerprint density at radius 2 is 1.05 bits per heavy atom. The Morgan fingerprint density at radius 3 is 1.10 bits per heavy atom. The molecule has 0 fully saturated rings. The number of halogens is 3. The van der Waals surface area contributed by atoms with Gasteiger partial charge in [0.1, 0.15) is 0 Å². The zero-order chi connectivity index (χ0) is 16.2. The molecule has 0 saturated carbocycles. The molecule has 2 aromatic rings. The van der Waals surface area contributed by atoms with Gasteiger partial charge in [-0.05, 0) is 24.3 Å². The van der Waals surface area contributed by atoms with Gasteiger partial charge in [-0.3, -0.25) is 9.97 Å². The van der Waals surface area contributed by atoms with E-state index in [-0.39, 0.29) is 5.41 Å². The van der Waals surface area contributed by atoms with Crippen molar-refractivity contribution in [1.82, 2.24) is 9.97 Å². The number of nitrogens with zero attached hydrogens (tertiary/aromatic N) is 2. The third kappa shape index (κ3) is 19.8. The van der Waals surface area contributed by atoms with Crippen molar-refractivity contribution in [2.45, 2.75) is 20.8 Å². The van der Waals surface area contributed by atoms with Crippen LogP contribution < -0.4 is 0 Å². The van der Waals surface area contributed by atoms with Gasteiger partial charge in [0, 0.05) is 24.8 Å². The third-order valence-electron chi connectivity index (χ3n) is 1.67. The summed E-state index contributed by atoms with van der Waals surface area (Å²) >= 11 is -3.06. The fourth-order valence-electron chi connectivity index (χ4n) is 1.06. The van der Waals surface area contributed by atoms with Gasteiger partial charge in [-0.15, -0.1) is 0 Å². The van der Waals surface area contributed by atoms with Crippen LogP contribution in [0.1, 0.15) is 20.8 Å². The minimum Gasteiger partial charge on any atom is -0.265 e. The van der Waals surface area contributed by atoms with Crippen LogP contribution >= 0.6 is 27.6 Å². The predicted molar refractivity (Wildman–Crippen MR) is 91.6 cm³/mol. The number of hydrogen-bond acceptors (Lipinski definition) is 2. The molecule has 0 radical (unpaired) electrons. The van der Waals surface area contributed by atoms with Gasteiger partial charge in [-0.1, -0.05) is 12.1 Å². The molecule has 2 heterocycles. The summed E-state index contributed by atoms with van der Waals surface area (Å²) in [5.74, 6) is 0. The van der Waals surface area contributed by atoms with Gasteiger partial charge in [0.25, 0.3) is 0 Å². The number of pyridine rings is 2. The van der Waals surface area contributed by atoms with Crippen LogP contribution in [0.15, 0.2) is 61.2 Å². The average Bonchev–Trinajstić information content (AvgIpc) is 2.40. The Kier molecular flexibility index (Phi) is 11.2. The zero-order valence-electron chi connectivity index (χ0n) is 12.3. The Bertz CT molecular complexity index is 414. The first kappa shape index (κ1) is 20.8. The molecule has 0 unspecified atom stereocenters. The van der Waals surface area contributed by atoms with E-state index in [1.54, 1.807) is 24.8 Å². The first-order valence-corrected chi connectivity index (χ1v) is 16.0. The van der Waals surface area contributed by atoms with Gasteiger partial charge in [0.2, 0.25) is 0 Å². The van der Waals surface area contributed by atoms with Crippen LogP contribution in [-0.4, -0.2) is 14.2 Å². The summed E-state index contributed by atoms with van der Waals surface area (Å²) in [7, 11) is 17.1. The summed E-state index contributed by atoms with van der Waals surface area (Å²) in [5.41, 5.74) is 0.0524. The fourth-order valence-corrected chi connectivity index (χ4v) is 8.42. The van der Waals surface area contributed by atoms with Crippen molar-refractivity contribution in [3.8, 4) is 0 Å². The van der Waals surface area contributed by atoms with Crippen LogP contribution in [-0.2, 0) is 13.4 Å². The SMILES string of the molecule is CC(C)(C)[CH]=[Nb]([Cl])([Cl])[Cl].c1ccncc1.c1ccncc1. The second kappa shape index (κ2) is 11.4. The summed E-state index contributed by atoms with van der Waals surface area (Å²) in [5, 5.41) is 0. The summed E-state index contributed by atoms with van der Waals surface area (Å²) in [6.45, 7) is 6.09. The molecule has 0 aliphatic heterocycles. The number of aromatic nitrogens is 2. The van der Waals surface area contributed by atoms with E-state index >= 15 is 0 Å². The molecule has 0 aliphatic carbocycles. The molecule has 0 N–H and O–H groups in total. The maximum atomic E-state index is 5.69. The first-order chi connectivity index (χ1) is 9.71. The van der Waals surface area contributed by atoms with E-state index in [1.165, 1.54) is 0 Å². The minimum absolute atomic E-state index is 0.0524. The van der Waals surface area contributed by atoms with Crippen LogP contribution in [0.4, 0.5) is 0 Å². The molecular weight excluding hydrogens is 407 g/mol. The molecular formula is C15H20Cl3N2Nb. The van der Waals surface area contributed by atoms with Crippen molar-refractivity contribution in [3.63, 3.8) is 0 Å². The Labute approximate surface area is 142 Å². The van der Waals surface area contributed by atoms with Gasteiger partial charge in [-0.25, -0.2) is 0 Å². The van der Waals surface area contributed by atoms with E-state index in [9.17, 15) is 0 Å². The first-order valence-electron chi connectivity index (χ1n) is 6.25. The van der Waals surface area contributed by atoms with Crippen molar-refractivity contribution in [2.75, 3.05) is 0 Å². The monoisotopic (exact) mass is 426 g/mol. The maximum Gasteiger partial charge on any atom is 0.0267 e. The maximum absolute atomic E-state index is 5.69. The smallest absolute Gasteiger partial charge is 0.0267 e. The quantitative estimate of drug-likeness (QED) is 0.511. The van der Waals surface area contributed by atoms with Gasteiger partial charge in [0.05, 0.1) is 0 Å². The number of hydrogen-bond donors (Lipinski definition) is 0. The van der Waals surface area contributed by atoms with E-state index in [0.717, 1.165) is 0 Å². The number of rotatable bonds is 0. The van der Waals surface area contributed by atoms with E-state index < -0.39 is 13.4 Å². The van der Waals surface area contributed by atoms with E-state index in [2.05, 4.69) is 9.97 Å². The van der Waals surface area contributed by atoms with Crippen LogP contribution in [0.2, 0.25) is 0 Å². The molecule has 116 valence electrons. The third-order valence-corrected chi connectivity index (χ3v) is 6.02. The molecule has 2 nitrogen and oxygen atoms in total. The molecule has 0 aromatic carbocycles. The van der Waals surface area contributed by atoms with Crippen molar-refractivity contribution >= 4 is 31.8 Å². The van der Waals surface area contributed by atoms with Crippen LogP contribution in [0.25, 0.3) is 0 Å². The Balaban J connectivity index is 0.000000293. The van der Waals surface area contributed by atoms with Crippen LogP contribution in [0.5, 0.6) is 0 Å². The normalized spacial score (nSPS) is 10.4. The molecule has 21 heavy (non-hydrogen) atoms. The van der Waals surface area contributed by atoms with Crippen molar-refractivity contribution in [1.29, 1.82) is 0 Å². The molecule has 6 heteroatoms. The van der Waals surface area contributed by atoms with Crippen molar-refractivity contribution in [3.05, 3.63) is 61.2 Å². The second-order valence-electron chi connectivity index (χ2n) is 5.03. The summed E-state index contributed by atoms with van der Waals surface area (Å²) in [6.07, 6.45) is 7.00. The molecule has 0 atom stereocenters. The van der Waals surface area contributed by atoms with Crippen LogP contribution in [0, 0.1) is 5.41 Å². The minimum atomic E-state index is -3.06. The largest absolute Gasteiger partial charge is 0.265 e. The van der Waals surface area contributed by atoms with E-state index in [1.807, 2.05) is 61.4 Å². The van der Waals surface area contributed by atoms with E-state index in [0.29, 0.717) is 0 Å². The summed E-state index contributed by atoms with van der Waals surface area (Å²) in [6, 6.07) is 11.4. The molecule has 0 amide bonds. The molecule has 0 saturated heterocycles. The Morgan fingerprint density at radius 1 is 0.714 bits per heavy atom. The predicted octanol–water partition coefficient (Wildman–Crippen LogP) is 5.61. The molecule has 2 aromatic heterocycles. The average molecular weight is 428 g/mol. The molecule has 2 rings (SSSR count). The van der Waals surface area contributed by atoms with Crippen molar-refractivity contribution < 1.29 is 13.4 Å². The second-order valence-corrected chi connectivity index (χ2v) is 20.6. The molecule has 0 bridgehead atoms. The summed E-state index contributed by atoms with van der Waals surface area (Å²) in [4.78, 5) is 7.57. The van der Waals surface area contributed by atoms with Gasteiger partial charge < -0.3 is 0 Å². The van der Waals surface area contributed by atoms with Crippen molar-refractivity contribution in [2.24, 2.45) is 5.41 Å². The Hall–Kier alpha value is -0.220. The standard InChI is InChI=1S/2C5H5N.C5H10.3ClH.Nb/c2*1-2-4-6-5-3-1;1-5(2,3)4;;;;/h2*1-5H;1H,2-4H3;3*1H;/q;;;;;;+3/p-3. The molecule has 0 aliphatic rings. The van der Waals surface area contributed by atoms with Crippen LogP contribution in [0.3, 0.4) is 0 Å². The van der Waals surface area contributed by atoms with Gasteiger partial charge in [-0.2, -0.15) is 0 Å². The topological polar surface area (TPSA) is 25.8 Å². The summed E-state index contributed by atoms with van der Waals surface area (Å²) < 4.78 is 1.87. The van der Waals surface area contributed by atoms with Gasteiger partial charge >= 0.3 is 71.4 Å². The van der Waals surface area contributed by atoms with Gasteiger partial charge in [0.15, 0.2) is 0 Å².